The van der Waals surface area contributed by atoms with Crippen molar-refractivity contribution >= 4 is 11.6 Å². The van der Waals surface area contributed by atoms with Crippen LogP contribution in [0, 0.1) is 0 Å². The summed E-state index contributed by atoms with van der Waals surface area (Å²) in [4.78, 5) is 18.5. The third-order valence-corrected chi connectivity index (χ3v) is 3.35. The van der Waals surface area contributed by atoms with Gasteiger partial charge in [0.2, 0.25) is 0 Å². The fourth-order valence-electron chi connectivity index (χ4n) is 2.22. The van der Waals surface area contributed by atoms with Gasteiger partial charge in [-0.05, 0) is 25.5 Å². The molecule has 1 aliphatic heterocycles. The van der Waals surface area contributed by atoms with E-state index < -0.39 is 0 Å². The van der Waals surface area contributed by atoms with Gasteiger partial charge in [0, 0.05) is 12.7 Å². The van der Waals surface area contributed by atoms with Gasteiger partial charge in [0.25, 0.3) is 5.91 Å². The lowest BCUT2D eigenvalue weighted by molar-refractivity contribution is -0.0445. The van der Waals surface area contributed by atoms with Gasteiger partial charge in [0.05, 0.1) is 24.4 Å². The number of aromatic nitrogens is 1. The first-order valence-corrected chi connectivity index (χ1v) is 6.51. The van der Waals surface area contributed by atoms with Crippen molar-refractivity contribution in [3.63, 3.8) is 0 Å². The van der Waals surface area contributed by atoms with Gasteiger partial charge >= 0.3 is 0 Å². The molecule has 1 amide bonds. The second kappa shape index (κ2) is 5.99. The Bertz CT molecular complexity index is 452. The smallest absolute Gasteiger partial charge is 0.272 e. The first kappa shape index (κ1) is 13.8. The summed E-state index contributed by atoms with van der Waals surface area (Å²) in [5.41, 5.74) is 3.60. The lowest BCUT2D eigenvalue weighted by atomic mass is 10.1. The van der Waals surface area contributed by atoms with Gasteiger partial charge in [-0.1, -0.05) is 6.92 Å². The molecule has 0 bridgehead atoms. The fourth-order valence-corrected chi connectivity index (χ4v) is 2.22. The maximum atomic E-state index is 12.5. The van der Waals surface area contributed by atoms with Crippen LogP contribution < -0.4 is 11.3 Å². The van der Waals surface area contributed by atoms with Gasteiger partial charge in [-0.2, -0.15) is 0 Å². The second-order valence-electron chi connectivity index (χ2n) is 4.74. The Labute approximate surface area is 112 Å². The lowest BCUT2D eigenvalue weighted by Crippen LogP contribution is -2.51. The van der Waals surface area contributed by atoms with Crippen LogP contribution in [0.1, 0.15) is 30.8 Å². The molecule has 1 fully saturated rings. The van der Waals surface area contributed by atoms with E-state index in [1.807, 2.05) is 11.8 Å². The Hall–Kier alpha value is -1.66. The van der Waals surface area contributed by atoms with E-state index in [9.17, 15) is 4.79 Å². The Morgan fingerprint density at radius 3 is 3.16 bits per heavy atom. The molecule has 0 aliphatic carbocycles. The average molecular weight is 264 g/mol. The van der Waals surface area contributed by atoms with E-state index in [0.717, 1.165) is 6.42 Å². The largest absolute Gasteiger partial charge is 0.375 e. The highest BCUT2D eigenvalue weighted by Crippen LogP contribution is 2.18. The molecule has 0 spiro atoms. The number of morpholine rings is 1. The molecule has 1 aliphatic rings. The number of pyridine rings is 1. The molecule has 0 aromatic carbocycles. The molecule has 3 N–H and O–H groups in total. The molecule has 104 valence electrons. The van der Waals surface area contributed by atoms with Crippen molar-refractivity contribution in [3.8, 4) is 0 Å². The van der Waals surface area contributed by atoms with Crippen LogP contribution >= 0.6 is 0 Å². The Morgan fingerprint density at radius 1 is 1.68 bits per heavy atom. The number of nitrogens with two attached hydrogens (primary N) is 1. The Balaban J connectivity index is 2.20. The number of ether oxygens (including phenoxy) is 1. The van der Waals surface area contributed by atoms with Gasteiger partial charge in [-0.3, -0.25) is 15.6 Å². The monoisotopic (exact) mass is 264 g/mol. The summed E-state index contributed by atoms with van der Waals surface area (Å²) in [6.45, 7) is 5.20. The van der Waals surface area contributed by atoms with Crippen molar-refractivity contribution in [1.29, 1.82) is 0 Å². The zero-order valence-corrected chi connectivity index (χ0v) is 11.3. The number of nitrogens with zero attached hydrogens (tertiary/aromatic N) is 2. The summed E-state index contributed by atoms with van der Waals surface area (Å²) < 4.78 is 5.60. The van der Waals surface area contributed by atoms with Crippen LogP contribution in [0.15, 0.2) is 18.3 Å². The van der Waals surface area contributed by atoms with Gasteiger partial charge in [0.15, 0.2) is 0 Å². The number of nitrogen functional groups attached to an aromatic ring is 1. The maximum absolute atomic E-state index is 12.5. The van der Waals surface area contributed by atoms with E-state index >= 15 is 0 Å². The minimum Gasteiger partial charge on any atom is -0.375 e. The summed E-state index contributed by atoms with van der Waals surface area (Å²) in [5, 5.41) is 0. The summed E-state index contributed by atoms with van der Waals surface area (Å²) in [7, 11) is 0. The predicted molar refractivity (Wildman–Crippen MR) is 72.6 cm³/mol. The van der Waals surface area contributed by atoms with Crippen molar-refractivity contribution in [2.75, 3.05) is 18.6 Å². The van der Waals surface area contributed by atoms with Crippen LogP contribution in [0.3, 0.4) is 0 Å². The number of nitrogens with one attached hydrogen (secondary N) is 1. The number of hydrazine groups is 1. The van der Waals surface area contributed by atoms with E-state index in [1.165, 1.54) is 0 Å². The van der Waals surface area contributed by atoms with Crippen molar-refractivity contribution in [2.24, 2.45) is 5.84 Å². The normalized spacial score (nSPS) is 23.2. The first-order valence-electron chi connectivity index (χ1n) is 6.51. The van der Waals surface area contributed by atoms with Crippen molar-refractivity contribution in [2.45, 2.75) is 32.4 Å². The van der Waals surface area contributed by atoms with E-state index in [2.05, 4.69) is 17.3 Å². The summed E-state index contributed by atoms with van der Waals surface area (Å²) in [6, 6.07) is 3.49. The highest BCUT2D eigenvalue weighted by molar-refractivity contribution is 5.93. The highest BCUT2D eigenvalue weighted by Gasteiger charge is 2.30. The van der Waals surface area contributed by atoms with Gasteiger partial charge in [0.1, 0.15) is 5.69 Å². The van der Waals surface area contributed by atoms with Crippen LogP contribution in [0.4, 0.5) is 5.69 Å². The lowest BCUT2D eigenvalue weighted by Gasteiger charge is -2.38. The number of hydrogen-bond acceptors (Lipinski definition) is 5. The van der Waals surface area contributed by atoms with Crippen LogP contribution in [0.25, 0.3) is 0 Å². The number of hydrogen-bond donors (Lipinski definition) is 2. The van der Waals surface area contributed by atoms with Crippen molar-refractivity contribution in [1.82, 2.24) is 9.88 Å². The van der Waals surface area contributed by atoms with Crippen molar-refractivity contribution in [3.05, 3.63) is 24.0 Å². The van der Waals surface area contributed by atoms with Gasteiger partial charge < -0.3 is 15.1 Å². The Kier molecular flexibility index (Phi) is 4.34. The van der Waals surface area contributed by atoms with E-state index in [1.54, 1.807) is 18.3 Å². The van der Waals surface area contributed by atoms with Gasteiger partial charge in [-0.15, -0.1) is 0 Å². The zero-order valence-electron chi connectivity index (χ0n) is 11.3. The van der Waals surface area contributed by atoms with Crippen LogP contribution in [0.2, 0.25) is 0 Å². The Morgan fingerprint density at radius 2 is 2.47 bits per heavy atom. The number of carbonyl (C=O) groups is 1. The molecular formula is C13H20N4O2. The molecule has 6 nitrogen and oxygen atoms in total. The third kappa shape index (κ3) is 3.02. The molecule has 2 unspecified atom stereocenters. The highest BCUT2D eigenvalue weighted by atomic mass is 16.5. The van der Waals surface area contributed by atoms with E-state index in [4.69, 9.17) is 10.6 Å². The maximum Gasteiger partial charge on any atom is 0.272 e. The van der Waals surface area contributed by atoms with E-state index in [-0.39, 0.29) is 18.1 Å². The number of amides is 1. The minimum atomic E-state index is -0.0703. The SMILES string of the molecule is CCC1COC(C)CN1C(=O)c1cc(NN)ccn1. The summed E-state index contributed by atoms with van der Waals surface area (Å²) >= 11 is 0. The molecule has 1 saturated heterocycles. The number of rotatable bonds is 3. The quantitative estimate of drug-likeness (QED) is 0.629. The van der Waals surface area contributed by atoms with Crippen molar-refractivity contribution < 1.29 is 9.53 Å². The van der Waals surface area contributed by atoms with Crippen LogP contribution in [-0.4, -0.2) is 41.1 Å². The molecule has 0 radical (unpaired) electrons. The topological polar surface area (TPSA) is 80.5 Å². The third-order valence-electron chi connectivity index (χ3n) is 3.35. The molecule has 2 atom stereocenters. The number of carbonyl (C=O) groups excluding carboxylic acids is 1. The molecule has 1 aromatic heterocycles. The molecule has 6 heteroatoms. The minimum absolute atomic E-state index is 0.0579. The first-order chi connectivity index (χ1) is 9.15. The second-order valence-corrected chi connectivity index (χ2v) is 4.74. The predicted octanol–water partition coefficient (Wildman–Crippen LogP) is 1.01. The summed E-state index contributed by atoms with van der Waals surface area (Å²) in [5.74, 6) is 5.28. The standard InChI is InChI=1S/C13H20N4O2/c1-3-11-8-19-9(2)7-17(11)13(18)12-6-10(16-14)4-5-15-12/h4-6,9,11H,3,7-8,14H2,1-2H3,(H,15,16). The van der Waals surface area contributed by atoms with Gasteiger partial charge in [-0.25, -0.2) is 0 Å². The fraction of sp³-hybridized carbons (Fsp3) is 0.538. The molecule has 0 saturated carbocycles. The van der Waals surface area contributed by atoms with Crippen LogP contribution in [-0.2, 0) is 4.74 Å². The van der Waals surface area contributed by atoms with Crippen LogP contribution in [0.5, 0.6) is 0 Å². The molecule has 2 heterocycles. The average Bonchev–Trinajstić information content (AvgIpc) is 2.46. The van der Waals surface area contributed by atoms with E-state index in [0.29, 0.717) is 24.5 Å². The molecule has 1 aromatic rings. The molecule has 19 heavy (non-hydrogen) atoms. The molecule has 2 rings (SSSR count). The zero-order chi connectivity index (χ0) is 13.8. The summed E-state index contributed by atoms with van der Waals surface area (Å²) in [6.07, 6.45) is 2.50. The molecular weight excluding hydrogens is 244 g/mol. The number of anilines is 1.